The minimum Gasteiger partial charge on any atom is -0.356 e. The van der Waals surface area contributed by atoms with E-state index in [1.165, 1.54) is 4.88 Å². The Morgan fingerprint density at radius 3 is 3.12 bits per heavy atom. The van der Waals surface area contributed by atoms with Crippen molar-refractivity contribution in [1.29, 1.82) is 0 Å². The standard InChI is InChI=1S/C12H17N3S/c1-3-6-13-12-14-7-8-15(12)10(2)11-5-4-9-16-11/h4-5,7-10H,3,6H2,1-2H3,(H,13,14). The van der Waals surface area contributed by atoms with Gasteiger partial charge in [0.1, 0.15) is 0 Å². The maximum atomic E-state index is 4.34. The Balaban J connectivity index is 2.17. The van der Waals surface area contributed by atoms with E-state index in [4.69, 9.17) is 0 Å². The van der Waals surface area contributed by atoms with Crippen molar-refractivity contribution in [3.63, 3.8) is 0 Å². The fourth-order valence-electron chi connectivity index (χ4n) is 1.67. The highest BCUT2D eigenvalue weighted by atomic mass is 32.1. The molecule has 0 saturated carbocycles. The van der Waals surface area contributed by atoms with Crippen LogP contribution < -0.4 is 5.32 Å². The Hall–Kier alpha value is -1.29. The van der Waals surface area contributed by atoms with Gasteiger partial charge in [-0.15, -0.1) is 11.3 Å². The molecule has 0 saturated heterocycles. The molecule has 2 aromatic heterocycles. The Morgan fingerprint density at radius 1 is 1.56 bits per heavy atom. The van der Waals surface area contributed by atoms with Crippen molar-refractivity contribution in [3.05, 3.63) is 34.8 Å². The maximum absolute atomic E-state index is 4.34. The van der Waals surface area contributed by atoms with E-state index in [2.05, 4.69) is 46.2 Å². The first-order valence-electron chi connectivity index (χ1n) is 5.63. The number of nitrogens with zero attached hydrogens (tertiary/aromatic N) is 2. The van der Waals surface area contributed by atoms with Crippen LogP contribution in [0.4, 0.5) is 5.95 Å². The second kappa shape index (κ2) is 5.16. The predicted octanol–water partition coefficient (Wildman–Crippen LogP) is 3.38. The minimum atomic E-state index is 0.349. The summed E-state index contributed by atoms with van der Waals surface area (Å²) in [5.41, 5.74) is 0. The highest BCUT2D eigenvalue weighted by Gasteiger charge is 2.11. The number of hydrogen-bond donors (Lipinski definition) is 1. The van der Waals surface area contributed by atoms with Crippen molar-refractivity contribution < 1.29 is 0 Å². The Bertz CT molecular complexity index is 419. The normalized spacial score (nSPS) is 12.6. The van der Waals surface area contributed by atoms with Gasteiger partial charge < -0.3 is 9.88 Å². The van der Waals surface area contributed by atoms with Gasteiger partial charge in [-0.05, 0) is 24.8 Å². The average Bonchev–Trinajstić information content (AvgIpc) is 2.96. The van der Waals surface area contributed by atoms with Gasteiger partial charge in [0, 0.05) is 23.8 Å². The zero-order valence-electron chi connectivity index (χ0n) is 9.68. The first kappa shape index (κ1) is 11.2. The van der Waals surface area contributed by atoms with Crippen LogP contribution in [0, 0.1) is 0 Å². The molecule has 0 fully saturated rings. The van der Waals surface area contributed by atoms with E-state index >= 15 is 0 Å². The first-order chi connectivity index (χ1) is 7.83. The summed E-state index contributed by atoms with van der Waals surface area (Å²) in [5, 5.41) is 5.46. The summed E-state index contributed by atoms with van der Waals surface area (Å²) in [6.45, 7) is 5.32. The van der Waals surface area contributed by atoms with E-state index in [0.717, 1.165) is 18.9 Å². The fraction of sp³-hybridized carbons (Fsp3) is 0.417. The molecule has 0 aliphatic heterocycles. The van der Waals surface area contributed by atoms with Crippen LogP contribution in [0.1, 0.15) is 31.2 Å². The zero-order valence-corrected chi connectivity index (χ0v) is 10.5. The topological polar surface area (TPSA) is 29.9 Å². The molecule has 2 rings (SSSR count). The van der Waals surface area contributed by atoms with Gasteiger partial charge >= 0.3 is 0 Å². The lowest BCUT2D eigenvalue weighted by molar-refractivity contribution is 0.653. The third-order valence-corrected chi connectivity index (χ3v) is 3.62. The second-order valence-electron chi connectivity index (χ2n) is 3.78. The summed E-state index contributed by atoms with van der Waals surface area (Å²) < 4.78 is 2.18. The van der Waals surface area contributed by atoms with Crippen LogP contribution in [-0.2, 0) is 0 Å². The molecule has 2 heterocycles. The van der Waals surface area contributed by atoms with Crippen LogP contribution in [0.3, 0.4) is 0 Å². The molecule has 2 aromatic rings. The molecule has 1 unspecified atom stereocenters. The third kappa shape index (κ3) is 2.27. The lowest BCUT2D eigenvalue weighted by atomic mass is 10.3. The maximum Gasteiger partial charge on any atom is 0.203 e. The molecule has 4 heteroatoms. The molecule has 0 radical (unpaired) electrons. The second-order valence-corrected chi connectivity index (χ2v) is 4.76. The summed E-state index contributed by atoms with van der Waals surface area (Å²) in [5.74, 6) is 0.961. The van der Waals surface area contributed by atoms with Gasteiger partial charge in [-0.3, -0.25) is 0 Å². The quantitative estimate of drug-likeness (QED) is 0.861. The molecule has 0 aromatic carbocycles. The van der Waals surface area contributed by atoms with Gasteiger partial charge in [0.25, 0.3) is 0 Å². The van der Waals surface area contributed by atoms with E-state index in [9.17, 15) is 0 Å². The number of nitrogens with one attached hydrogen (secondary N) is 1. The molecule has 86 valence electrons. The molecule has 0 spiro atoms. The highest BCUT2D eigenvalue weighted by Crippen LogP contribution is 2.25. The molecule has 16 heavy (non-hydrogen) atoms. The van der Waals surface area contributed by atoms with Crippen molar-refractivity contribution in [2.75, 3.05) is 11.9 Å². The Labute approximate surface area is 100 Å². The minimum absolute atomic E-state index is 0.349. The fourth-order valence-corrected chi connectivity index (χ4v) is 2.45. The van der Waals surface area contributed by atoms with E-state index in [1.807, 2.05) is 12.4 Å². The number of aromatic nitrogens is 2. The van der Waals surface area contributed by atoms with Gasteiger partial charge in [-0.25, -0.2) is 4.98 Å². The number of rotatable bonds is 5. The van der Waals surface area contributed by atoms with Crippen molar-refractivity contribution in [2.24, 2.45) is 0 Å². The van der Waals surface area contributed by atoms with Crippen LogP contribution >= 0.6 is 11.3 Å². The summed E-state index contributed by atoms with van der Waals surface area (Å²) >= 11 is 1.79. The van der Waals surface area contributed by atoms with Gasteiger partial charge in [0.2, 0.25) is 5.95 Å². The van der Waals surface area contributed by atoms with Crippen LogP contribution in [0.2, 0.25) is 0 Å². The molecule has 1 N–H and O–H groups in total. The van der Waals surface area contributed by atoms with Crippen LogP contribution in [0.25, 0.3) is 0 Å². The SMILES string of the molecule is CCCNc1nccn1C(C)c1cccs1. The van der Waals surface area contributed by atoms with Gasteiger partial charge in [0.15, 0.2) is 0 Å². The van der Waals surface area contributed by atoms with Crippen LogP contribution in [0.15, 0.2) is 29.9 Å². The molecule has 0 bridgehead atoms. The Kier molecular flexibility index (Phi) is 3.62. The molecule has 3 nitrogen and oxygen atoms in total. The van der Waals surface area contributed by atoms with E-state index in [1.54, 1.807) is 11.3 Å². The smallest absolute Gasteiger partial charge is 0.203 e. The van der Waals surface area contributed by atoms with Gasteiger partial charge in [-0.2, -0.15) is 0 Å². The lowest BCUT2D eigenvalue weighted by Gasteiger charge is -2.15. The summed E-state index contributed by atoms with van der Waals surface area (Å²) in [6, 6.07) is 4.60. The van der Waals surface area contributed by atoms with Gasteiger partial charge in [-0.1, -0.05) is 13.0 Å². The number of thiophene rings is 1. The largest absolute Gasteiger partial charge is 0.356 e. The van der Waals surface area contributed by atoms with Gasteiger partial charge in [0.05, 0.1) is 6.04 Å². The lowest BCUT2D eigenvalue weighted by Crippen LogP contribution is -2.11. The van der Waals surface area contributed by atoms with Crippen molar-refractivity contribution in [2.45, 2.75) is 26.3 Å². The Morgan fingerprint density at radius 2 is 2.44 bits per heavy atom. The number of imidazole rings is 1. The summed E-state index contributed by atoms with van der Waals surface area (Å²) in [4.78, 5) is 5.70. The molecule has 0 aliphatic rings. The van der Waals surface area contributed by atoms with E-state index < -0.39 is 0 Å². The highest BCUT2D eigenvalue weighted by molar-refractivity contribution is 7.10. The molecule has 0 amide bonds. The monoisotopic (exact) mass is 235 g/mol. The summed E-state index contributed by atoms with van der Waals surface area (Å²) in [6.07, 6.45) is 4.99. The van der Waals surface area contributed by atoms with E-state index in [-0.39, 0.29) is 0 Å². The van der Waals surface area contributed by atoms with Crippen LogP contribution in [0.5, 0.6) is 0 Å². The first-order valence-corrected chi connectivity index (χ1v) is 6.51. The van der Waals surface area contributed by atoms with Crippen LogP contribution in [-0.4, -0.2) is 16.1 Å². The predicted molar refractivity (Wildman–Crippen MR) is 69.1 cm³/mol. The van der Waals surface area contributed by atoms with Crippen molar-refractivity contribution >= 4 is 17.3 Å². The number of hydrogen-bond acceptors (Lipinski definition) is 3. The molecule has 1 atom stereocenters. The summed E-state index contributed by atoms with van der Waals surface area (Å²) in [7, 11) is 0. The number of anilines is 1. The van der Waals surface area contributed by atoms with Crippen molar-refractivity contribution in [1.82, 2.24) is 9.55 Å². The average molecular weight is 235 g/mol. The zero-order chi connectivity index (χ0) is 11.4. The third-order valence-electron chi connectivity index (χ3n) is 2.57. The molecular weight excluding hydrogens is 218 g/mol. The molecular formula is C12H17N3S. The van der Waals surface area contributed by atoms with E-state index in [0.29, 0.717) is 6.04 Å². The molecule has 0 aliphatic carbocycles. The van der Waals surface area contributed by atoms with Crippen molar-refractivity contribution in [3.8, 4) is 0 Å².